The summed E-state index contributed by atoms with van der Waals surface area (Å²) < 4.78 is 0. The Morgan fingerprint density at radius 2 is 2.43 bits per heavy atom. The van der Waals surface area contributed by atoms with Crippen molar-refractivity contribution in [2.75, 3.05) is 13.6 Å². The third-order valence-electron chi connectivity index (χ3n) is 0.729. The summed E-state index contributed by atoms with van der Waals surface area (Å²) in [6, 6.07) is 0. The molecule has 39 valence electrons. The van der Waals surface area contributed by atoms with Gasteiger partial charge in [-0.25, -0.2) is 0 Å². The van der Waals surface area contributed by atoms with Crippen molar-refractivity contribution in [3.05, 3.63) is 6.42 Å². The van der Waals surface area contributed by atoms with Crippen molar-refractivity contribution >= 4 is 0 Å². The van der Waals surface area contributed by atoms with Crippen LogP contribution in [-0.4, -0.2) is 13.6 Å². The second-order valence-corrected chi connectivity index (χ2v) is 1.38. The fourth-order valence-electron chi connectivity index (χ4n) is 0.354. The van der Waals surface area contributed by atoms with E-state index in [0.717, 1.165) is 19.4 Å². The highest BCUT2D eigenvalue weighted by molar-refractivity contribution is 4.74. The smallest absolute Gasteiger partial charge is 0.0111 e. The number of unbranched alkanes of at least 4 members (excludes halogenated alkanes) is 1. The highest BCUT2D eigenvalue weighted by Gasteiger charge is 1.76. The molecule has 1 radical (unpaired) electrons. The van der Waals surface area contributed by atoms with Crippen molar-refractivity contribution < 1.29 is 0 Å². The van der Waals surface area contributed by atoms with Gasteiger partial charge in [0.25, 0.3) is 0 Å². The summed E-state index contributed by atoms with van der Waals surface area (Å²) in [7, 11) is 1.91. The largest absolute Gasteiger partial charge is 0.320 e. The Morgan fingerprint density at radius 3 is 2.86 bits per heavy atom. The van der Waals surface area contributed by atoms with E-state index in [0.29, 0.717) is 0 Å². The monoisotopic (exact) mass is 96.1 g/mol. The average Bonchev–Trinajstić information content (AvgIpc) is 1.69. The van der Waals surface area contributed by atoms with Gasteiger partial charge in [0.15, 0.2) is 0 Å². The van der Waals surface area contributed by atoms with Crippen molar-refractivity contribution in [2.24, 2.45) is 0 Å². The van der Waals surface area contributed by atoms with Crippen LogP contribution in [0.25, 0.3) is 0 Å². The van der Waals surface area contributed by atoms with Crippen molar-refractivity contribution in [3.63, 3.8) is 0 Å². The summed E-state index contributed by atoms with van der Waals surface area (Å²) in [5.74, 6) is 2.31. The van der Waals surface area contributed by atoms with Gasteiger partial charge in [-0.15, -0.1) is 0 Å². The third kappa shape index (κ3) is 5.52. The summed E-state index contributed by atoms with van der Waals surface area (Å²) in [4.78, 5) is 0. The minimum atomic E-state index is 0.779. The minimum Gasteiger partial charge on any atom is -0.320 e. The lowest BCUT2D eigenvalue weighted by Crippen LogP contribution is -2.06. The van der Waals surface area contributed by atoms with Crippen molar-refractivity contribution in [1.29, 1.82) is 0 Å². The molecule has 0 bridgehead atoms. The molecular weight excluding hydrogens is 86.1 g/mol. The molecule has 1 N–H and O–H groups in total. The second-order valence-electron chi connectivity index (χ2n) is 1.38. The van der Waals surface area contributed by atoms with Gasteiger partial charge in [-0.05, 0) is 26.4 Å². The molecule has 0 saturated carbocycles. The molecule has 0 aromatic carbocycles. The molecule has 0 amide bonds. The number of rotatable bonds is 3. The van der Waals surface area contributed by atoms with Crippen LogP contribution in [0.3, 0.4) is 0 Å². The molecule has 0 spiro atoms. The lowest BCUT2D eigenvalue weighted by Gasteiger charge is -1.89. The van der Waals surface area contributed by atoms with E-state index < -0.39 is 0 Å². The van der Waals surface area contributed by atoms with E-state index in [1.54, 1.807) is 0 Å². The Morgan fingerprint density at radius 1 is 1.71 bits per heavy atom. The van der Waals surface area contributed by atoms with E-state index in [2.05, 4.69) is 11.2 Å². The van der Waals surface area contributed by atoms with Crippen molar-refractivity contribution in [2.45, 2.75) is 12.8 Å². The minimum absolute atomic E-state index is 0.779. The molecule has 0 rings (SSSR count). The first-order valence-electron chi connectivity index (χ1n) is 2.46. The first-order valence-corrected chi connectivity index (χ1v) is 2.46. The first kappa shape index (κ1) is 6.52. The maximum Gasteiger partial charge on any atom is 0.0111 e. The van der Waals surface area contributed by atoms with Crippen LogP contribution in [-0.2, 0) is 0 Å². The fraction of sp³-hybridized carbons (Fsp3) is 0.667. The van der Waals surface area contributed by atoms with Crippen LogP contribution in [0.4, 0.5) is 0 Å². The zero-order chi connectivity index (χ0) is 5.54. The van der Waals surface area contributed by atoms with Crippen LogP contribution in [0.1, 0.15) is 12.8 Å². The summed E-state index contributed by atoms with van der Waals surface area (Å²) in [5, 5.41) is 2.98. The highest BCUT2D eigenvalue weighted by atomic mass is 14.8. The molecule has 0 heterocycles. The Bertz CT molecular complexity index is 61.1. The Hall–Kier alpha value is -0.480. The normalized spacial score (nSPS) is 8.00. The van der Waals surface area contributed by atoms with E-state index in [-0.39, 0.29) is 0 Å². The van der Waals surface area contributed by atoms with E-state index >= 15 is 0 Å². The summed E-state index contributed by atoms with van der Waals surface area (Å²) in [6.07, 6.45) is 8.31. The van der Waals surface area contributed by atoms with Gasteiger partial charge in [-0.3, -0.25) is 0 Å². The van der Waals surface area contributed by atoms with Gasteiger partial charge >= 0.3 is 0 Å². The molecule has 0 atom stereocenters. The van der Waals surface area contributed by atoms with Crippen molar-refractivity contribution in [1.82, 2.24) is 5.32 Å². The second kappa shape index (κ2) is 5.52. The van der Waals surface area contributed by atoms with Gasteiger partial charge in [-0.2, -0.15) is 0 Å². The number of nitrogens with one attached hydrogen (secondary N) is 1. The average molecular weight is 96.2 g/mol. The van der Waals surface area contributed by atoms with E-state index in [1.165, 1.54) is 0 Å². The predicted molar refractivity (Wildman–Crippen MR) is 30.3 cm³/mol. The fourth-order valence-corrected chi connectivity index (χ4v) is 0.354. The summed E-state index contributed by atoms with van der Waals surface area (Å²) in [6.45, 7) is 0.992. The number of hydrogen-bond donors (Lipinski definition) is 1. The van der Waals surface area contributed by atoms with Gasteiger partial charge in [0.05, 0.1) is 0 Å². The molecule has 7 heavy (non-hydrogen) atoms. The molecule has 0 saturated heterocycles. The van der Waals surface area contributed by atoms with Gasteiger partial charge < -0.3 is 5.32 Å². The van der Waals surface area contributed by atoms with E-state index in [1.807, 2.05) is 7.05 Å². The molecule has 0 aliphatic heterocycles. The topological polar surface area (TPSA) is 12.0 Å². The predicted octanol–water partition coefficient (Wildman–Crippen LogP) is 0.576. The molecule has 0 aromatic rings. The molecule has 0 unspecified atom stereocenters. The van der Waals surface area contributed by atoms with E-state index in [9.17, 15) is 0 Å². The standard InChI is InChI=1S/C6H10N/c1-3-4-5-6-7-2/h7H,4-6H2,2H3. The van der Waals surface area contributed by atoms with Crippen LogP contribution in [0.2, 0.25) is 0 Å². The van der Waals surface area contributed by atoms with Crippen molar-refractivity contribution in [3.8, 4) is 5.92 Å². The first-order chi connectivity index (χ1) is 3.41. The van der Waals surface area contributed by atoms with E-state index in [4.69, 9.17) is 6.42 Å². The molecule has 1 nitrogen and oxygen atoms in total. The molecule has 0 aliphatic carbocycles. The third-order valence-corrected chi connectivity index (χ3v) is 0.729. The SMILES string of the molecule is [C]#CCCCNC. The molecule has 1 heteroatoms. The number of hydrogen-bond acceptors (Lipinski definition) is 1. The summed E-state index contributed by atoms with van der Waals surface area (Å²) >= 11 is 0. The zero-order valence-corrected chi connectivity index (χ0v) is 4.62. The van der Waals surface area contributed by atoms with Crippen LogP contribution >= 0.6 is 0 Å². The highest BCUT2D eigenvalue weighted by Crippen LogP contribution is 1.79. The zero-order valence-electron chi connectivity index (χ0n) is 4.62. The maximum atomic E-state index is 6.50. The van der Waals surface area contributed by atoms with Crippen LogP contribution < -0.4 is 5.32 Å². The molecule has 0 aromatic heterocycles. The maximum absolute atomic E-state index is 6.50. The van der Waals surface area contributed by atoms with Crippen LogP contribution in [0.15, 0.2) is 0 Å². The molecule has 0 fully saturated rings. The van der Waals surface area contributed by atoms with Gasteiger partial charge in [-0.1, -0.05) is 5.92 Å². The van der Waals surface area contributed by atoms with Crippen LogP contribution in [0.5, 0.6) is 0 Å². The van der Waals surface area contributed by atoms with Gasteiger partial charge in [0.2, 0.25) is 0 Å². The van der Waals surface area contributed by atoms with Crippen LogP contribution in [0, 0.1) is 12.3 Å². The molecular formula is C6H10N. The summed E-state index contributed by atoms with van der Waals surface area (Å²) in [5.41, 5.74) is 0. The molecule has 0 aliphatic rings. The quantitative estimate of drug-likeness (QED) is 0.400. The Kier molecular flexibility index (Phi) is 5.14. The van der Waals surface area contributed by atoms with Gasteiger partial charge in [0.1, 0.15) is 0 Å². The lowest BCUT2D eigenvalue weighted by atomic mass is 10.3. The Labute approximate surface area is 45.1 Å². The Balaban J connectivity index is 2.60. The lowest BCUT2D eigenvalue weighted by molar-refractivity contribution is 0.742. The van der Waals surface area contributed by atoms with Gasteiger partial charge in [0, 0.05) is 6.42 Å².